The Morgan fingerprint density at radius 3 is 2.44 bits per heavy atom. The summed E-state index contributed by atoms with van der Waals surface area (Å²) in [6.07, 6.45) is -0.328. The largest absolute Gasteiger partial charge is 0.469 e. The van der Waals surface area contributed by atoms with Crippen LogP contribution in [0.1, 0.15) is 25.0 Å². The van der Waals surface area contributed by atoms with Crippen LogP contribution in [0.15, 0.2) is 24.3 Å². The first-order valence-electron chi connectivity index (χ1n) is 5.11. The molecule has 2 atom stereocenters. The molecular weight excluding hydrogens is 228 g/mol. The number of aliphatic hydroxyl groups is 1. The van der Waals surface area contributed by atoms with E-state index in [1.54, 1.807) is 24.3 Å². The molecule has 0 saturated heterocycles. The minimum atomic E-state index is -0.852. The zero-order chi connectivity index (χ0) is 12.1. The molecule has 16 heavy (non-hydrogen) atoms. The number of aliphatic hydroxyl groups excluding tert-OH is 1. The zero-order valence-corrected chi connectivity index (χ0v) is 10.1. The van der Waals surface area contributed by atoms with E-state index in [1.807, 2.05) is 6.92 Å². The summed E-state index contributed by atoms with van der Waals surface area (Å²) in [7, 11) is 1.32. The van der Waals surface area contributed by atoms with E-state index < -0.39 is 18.0 Å². The van der Waals surface area contributed by atoms with Crippen molar-refractivity contribution < 1.29 is 14.6 Å². The van der Waals surface area contributed by atoms with Gasteiger partial charge in [0, 0.05) is 5.02 Å². The smallest absolute Gasteiger partial charge is 0.311 e. The van der Waals surface area contributed by atoms with Gasteiger partial charge < -0.3 is 9.84 Å². The number of carbonyl (C=O) groups is 1. The second kappa shape index (κ2) is 5.87. The van der Waals surface area contributed by atoms with E-state index >= 15 is 0 Å². The van der Waals surface area contributed by atoms with Gasteiger partial charge in [-0.2, -0.15) is 0 Å². The Bertz CT molecular complexity index is 348. The minimum absolute atomic E-state index is 0.398. The molecule has 88 valence electrons. The van der Waals surface area contributed by atoms with Gasteiger partial charge in [0.25, 0.3) is 0 Å². The van der Waals surface area contributed by atoms with Gasteiger partial charge in [-0.1, -0.05) is 30.7 Å². The third kappa shape index (κ3) is 2.97. The first-order chi connectivity index (χ1) is 7.60. The van der Waals surface area contributed by atoms with Crippen LogP contribution >= 0.6 is 11.6 Å². The maximum Gasteiger partial charge on any atom is 0.311 e. The molecule has 2 unspecified atom stereocenters. The standard InChI is InChI=1S/C12H15ClO3/c1-3-10(12(15)16-2)11(14)8-4-6-9(13)7-5-8/h4-7,10-11,14H,3H2,1-2H3. The summed E-state index contributed by atoms with van der Waals surface area (Å²) < 4.78 is 4.64. The Morgan fingerprint density at radius 1 is 1.44 bits per heavy atom. The first-order valence-corrected chi connectivity index (χ1v) is 5.49. The predicted octanol–water partition coefficient (Wildman–Crippen LogP) is 2.57. The Morgan fingerprint density at radius 2 is 2.00 bits per heavy atom. The summed E-state index contributed by atoms with van der Waals surface area (Å²) in [5.74, 6) is -0.934. The van der Waals surface area contributed by atoms with Gasteiger partial charge in [-0.25, -0.2) is 0 Å². The molecule has 0 heterocycles. The predicted molar refractivity (Wildman–Crippen MR) is 62.2 cm³/mol. The van der Waals surface area contributed by atoms with Crippen LogP contribution in [0.4, 0.5) is 0 Å². The number of benzene rings is 1. The molecule has 1 aromatic carbocycles. The summed E-state index contributed by atoms with van der Waals surface area (Å²) in [5, 5.41) is 10.6. The lowest BCUT2D eigenvalue weighted by Crippen LogP contribution is -2.22. The quantitative estimate of drug-likeness (QED) is 0.826. The Balaban J connectivity index is 2.86. The maximum atomic E-state index is 11.4. The topological polar surface area (TPSA) is 46.5 Å². The summed E-state index contributed by atoms with van der Waals surface area (Å²) in [6.45, 7) is 1.83. The van der Waals surface area contributed by atoms with E-state index in [4.69, 9.17) is 11.6 Å². The van der Waals surface area contributed by atoms with Crippen LogP contribution in [0.5, 0.6) is 0 Å². The van der Waals surface area contributed by atoms with Crippen molar-refractivity contribution in [3.63, 3.8) is 0 Å². The number of methoxy groups -OCH3 is 1. The fraction of sp³-hybridized carbons (Fsp3) is 0.417. The van der Waals surface area contributed by atoms with Crippen LogP contribution in [0, 0.1) is 5.92 Å². The molecule has 0 aliphatic rings. The molecule has 4 heteroatoms. The van der Waals surface area contributed by atoms with Crippen molar-refractivity contribution in [1.29, 1.82) is 0 Å². The van der Waals surface area contributed by atoms with E-state index in [0.29, 0.717) is 17.0 Å². The van der Waals surface area contributed by atoms with Gasteiger partial charge in [0.2, 0.25) is 0 Å². The highest BCUT2D eigenvalue weighted by atomic mass is 35.5. The molecule has 3 nitrogen and oxygen atoms in total. The third-order valence-electron chi connectivity index (χ3n) is 2.54. The normalized spacial score (nSPS) is 14.2. The third-order valence-corrected chi connectivity index (χ3v) is 2.79. The highest BCUT2D eigenvalue weighted by Crippen LogP contribution is 2.26. The summed E-state index contributed by atoms with van der Waals surface area (Å²) in [6, 6.07) is 6.78. The van der Waals surface area contributed by atoms with Crippen LogP contribution in [0.25, 0.3) is 0 Å². The Kier molecular flexibility index (Phi) is 4.77. The second-order valence-corrected chi connectivity index (χ2v) is 3.97. The molecule has 0 spiro atoms. The number of carbonyl (C=O) groups excluding carboxylic acids is 1. The van der Waals surface area contributed by atoms with Crippen molar-refractivity contribution >= 4 is 17.6 Å². The highest BCUT2D eigenvalue weighted by molar-refractivity contribution is 6.30. The molecular formula is C12H15ClO3. The molecule has 0 fully saturated rings. The Labute approximate surface area is 100.0 Å². The lowest BCUT2D eigenvalue weighted by molar-refractivity contribution is -0.149. The van der Waals surface area contributed by atoms with Gasteiger partial charge in [-0.05, 0) is 24.1 Å². The van der Waals surface area contributed by atoms with Gasteiger partial charge in [-0.15, -0.1) is 0 Å². The fourth-order valence-electron chi connectivity index (χ4n) is 1.56. The van der Waals surface area contributed by atoms with Crippen LogP contribution in [-0.4, -0.2) is 18.2 Å². The van der Waals surface area contributed by atoms with E-state index in [2.05, 4.69) is 4.74 Å². The van der Waals surface area contributed by atoms with Gasteiger partial charge in [-0.3, -0.25) is 4.79 Å². The molecule has 0 amide bonds. The lowest BCUT2D eigenvalue weighted by atomic mass is 9.94. The zero-order valence-electron chi connectivity index (χ0n) is 9.31. The van der Waals surface area contributed by atoms with Crippen molar-refractivity contribution in [2.45, 2.75) is 19.4 Å². The average Bonchev–Trinajstić information content (AvgIpc) is 2.30. The molecule has 0 radical (unpaired) electrons. The second-order valence-electron chi connectivity index (χ2n) is 3.53. The molecule has 0 aromatic heterocycles. The lowest BCUT2D eigenvalue weighted by Gasteiger charge is -2.19. The van der Waals surface area contributed by atoms with Crippen LogP contribution in [0.2, 0.25) is 5.02 Å². The molecule has 1 rings (SSSR count). The number of rotatable bonds is 4. The van der Waals surface area contributed by atoms with Crippen LogP contribution in [0.3, 0.4) is 0 Å². The van der Waals surface area contributed by atoms with Gasteiger partial charge >= 0.3 is 5.97 Å². The Hall–Kier alpha value is -1.06. The van der Waals surface area contributed by atoms with E-state index in [0.717, 1.165) is 0 Å². The number of esters is 1. The first kappa shape index (κ1) is 13.0. The molecule has 0 saturated carbocycles. The maximum absolute atomic E-state index is 11.4. The average molecular weight is 243 g/mol. The minimum Gasteiger partial charge on any atom is -0.469 e. The molecule has 0 bridgehead atoms. The van der Waals surface area contributed by atoms with Crippen molar-refractivity contribution in [2.75, 3.05) is 7.11 Å². The molecule has 0 aliphatic heterocycles. The van der Waals surface area contributed by atoms with E-state index in [9.17, 15) is 9.90 Å². The van der Waals surface area contributed by atoms with Crippen molar-refractivity contribution in [3.8, 4) is 0 Å². The number of hydrogen-bond acceptors (Lipinski definition) is 3. The van der Waals surface area contributed by atoms with Crippen LogP contribution in [-0.2, 0) is 9.53 Å². The van der Waals surface area contributed by atoms with Gasteiger partial charge in [0.15, 0.2) is 0 Å². The number of halogens is 1. The summed E-state index contributed by atoms with van der Waals surface area (Å²) in [5.41, 5.74) is 0.668. The SMILES string of the molecule is CCC(C(=O)OC)C(O)c1ccc(Cl)cc1. The van der Waals surface area contributed by atoms with Gasteiger partial charge in [0.1, 0.15) is 0 Å². The van der Waals surface area contributed by atoms with Crippen molar-refractivity contribution in [3.05, 3.63) is 34.9 Å². The summed E-state index contributed by atoms with van der Waals surface area (Å²) >= 11 is 5.75. The van der Waals surface area contributed by atoms with Gasteiger partial charge in [0.05, 0.1) is 19.1 Å². The van der Waals surface area contributed by atoms with Crippen molar-refractivity contribution in [2.24, 2.45) is 5.92 Å². The highest BCUT2D eigenvalue weighted by Gasteiger charge is 2.26. The molecule has 0 aliphatic carbocycles. The number of hydrogen-bond donors (Lipinski definition) is 1. The monoisotopic (exact) mass is 242 g/mol. The van der Waals surface area contributed by atoms with Crippen LogP contribution < -0.4 is 0 Å². The fourth-order valence-corrected chi connectivity index (χ4v) is 1.69. The van der Waals surface area contributed by atoms with Crippen molar-refractivity contribution in [1.82, 2.24) is 0 Å². The molecule has 1 N–H and O–H groups in total. The summed E-state index contributed by atoms with van der Waals surface area (Å²) in [4.78, 5) is 11.4. The van der Waals surface area contributed by atoms with E-state index in [-0.39, 0.29) is 0 Å². The molecule has 1 aromatic rings. The van der Waals surface area contributed by atoms with E-state index in [1.165, 1.54) is 7.11 Å². The number of ether oxygens (including phenoxy) is 1.